The summed E-state index contributed by atoms with van der Waals surface area (Å²) in [5.74, 6) is 1.81. The lowest BCUT2D eigenvalue weighted by atomic mass is 10.1. The third-order valence-corrected chi connectivity index (χ3v) is 5.05. The SMILES string of the molecule is CCc1nc(CCNC(=NC)NCC2Cc3ccccc3O2)cs1. The molecule has 2 aromatic rings. The van der Waals surface area contributed by atoms with E-state index in [4.69, 9.17) is 4.74 Å². The van der Waals surface area contributed by atoms with E-state index in [-0.39, 0.29) is 6.10 Å². The summed E-state index contributed by atoms with van der Waals surface area (Å²) < 4.78 is 5.94. The fourth-order valence-corrected chi connectivity index (χ4v) is 3.51. The van der Waals surface area contributed by atoms with Crippen LogP contribution in [0.25, 0.3) is 0 Å². The van der Waals surface area contributed by atoms with E-state index in [9.17, 15) is 0 Å². The summed E-state index contributed by atoms with van der Waals surface area (Å²) in [4.78, 5) is 8.85. The van der Waals surface area contributed by atoms with Crippen molar-refractivity contribution < 1.29 is 4.74 Å². The Hall–Kier alpha value is -2.08. The highest BCUT2D eigenvalue weighted by Crippen LogP contribution is 2.27. The second kappa shape index (κ2) is 8.15. The summed E-state index contributed by atoms with van der Waals surface area (Å²) in [6.07, 6.45) is 3.01. The molecule has 5 nitrogen and oxygen atoms in total. The highest BCUT2D eigenvalue weighted by atomic mass is 32.1. The van der Waals surface area contributed by atoms with Crippen LogP contribution in [0.1, 0.15) is 23.2 Å². The first-order chi connectivity index (χ1) is 11.8. The van der Waals surface area contributed by atoms with E-state index in [1.807, 2.05) is 12.1 Å². The lowest BCUT2D eigenvalue weighted by molar-refractivity contribution is 0.235. The van der Waals surface area contributed by atoms with Crippen molar-refractivity contribution in [3.8, 4) is 5.75 Å². The fourth-order valence-electron chi connectivity index (χ4n) is 2.73. The van der Waals surface area contributed by atoms with Crippen molar-refractivity contribution in [1.82, 2.24) is 15.6 Å². The standard InChI is InChI=1S/C18H24N4OS/c1-3-17-22-14(12-24-17)8-9-20-18(19-2)21-11-15-10-13-6-4-5-7-16(13)23-15/h4-7,12,15H,3,8-11H2,1-2H3,(H2,19,20,21). The summed E-state index contributed by atoms with van der Waals surface area (Å²) >= 11 is 1.73. The molecule has 3 rings (SSSR count). The number of nitrogens with zero attached hydrogens (tertiary/aromatic N) is 2. The van der Waals surface area contributed by atoms with E-state index in [0.717, 1.165) is 49.8 Å². The maximum atomic E-state index is 5.94. The Morgan fingerprint density at radius 1 is 1.38 bits per heavy atom. The van der Waals surface area contributed by atoms with E-state index in [2.05, 4.69) is 45.0 Å². The minimum Gasteiger partial charge on any atom is -0.488 e. The molecular formula is C18H24N4OS. The lowest BCUT2D eigenvalue weighted by Crippen LogP contribution is -2.42. The van der Waals surface area contributed by atoms with Gasteiger partial charge in [0, 0.05) is 31.8 Å². The van der Waals surface area contributed by atoms with Gasteiger partial charge in [0.2, 0.25) is 0 Å². The van der Waals surface area contributed by atoms with Crippen LogP contribution in [0.3, 0.4) is 0 Å². The predicted molar refractivity (Wildman–Crippen MR) is 99.1 cm³/mol. The van der Waals surface area contributed by atoms with E-state index in [1.54, 1.807) is 18.4 Å². The van der Waals surface area contributed by atoms with Crippen LogP contribution in [0.2, 0.25) is 0 Å². The van der Waals surface area contributed by atoms with Gasteiger partial charge in [-0.15, -0.1) is 11.3 Å². The molecule has 1 aliphatic rings. The number of nitrogens with one attached hydrogen (secondary N) is 2. The Morgan fingerprint density at radius 2 is 2.25 bits per heavy atom. The molecule has 1 aromatic carbocycles. The number of aryl methyl sites for hydroxylation is 1. The Balaban J connectivity index is 1.40. The van der Waals surface area contributed by atoms with Crippen molar-refractivity contribution in [1.29, 1.82) is 0 Å². The number of hydrogen-bond donors (Lipinski definition) is 2. The highest BCUT2D eigenvalue weighted by Gasteiger charge is 2.22. The Bertz CT molecular complexity index is 673. The number of guanidine groups is 1. The Labute approximate surface area is 147 Å². The fraction of sp³-hybridized carbons (Fsp3) is 0.444. The van der Waals surface area contributed by atoms with Crippen LogP contribution < -0.4 is 15.4 Å². The van der Waals surface area contributed by atoms with Gasteiger partial charge in [-0.2, -0.15) is 0 Å². The molecule has 0 bridgehead atoms. The van der Waals surface area contributed by atoms with Gasteiger partial charge in [-0.3, -0.25) is 4.99 Å². The molecule has 0 aliphatic carbocycles. The quantitative estimate of drug-likeness (QED) is 0.624. The first-order valence-corrected chi connectivity index (χ1v) is 9.28. The van der Waals surface area contributed by atoms with Gasteiger partial charge in [-0.05, 0) is 18.1 Å². The van der Waals surface area contributed by atoms with Gasteiger partial charge in [-0.1, -0.05) is 25.1 Å². The van der Waals surface area contributed by atoms with Crippen LogP contribution in [0.5, 0.6) is 5.75 Å². The second-order valence-corrected chi connectivity index (χ2v) is 6.71. The van der Waals surface area contributed by atoms with Gasteiger partial charge < -0.3 is 15.4 Å². The van der Waals surface area contributed by atoms with Crippen molar-refractivity contribution in [3.63, 3.8) is 0 Å². The third-order valence-electron chi connectivity index (χ3n) is 4.01. The van der Waals surface area contributed by atoms with Crippen molar-refractivity contribution >= 4 is 17.3 Å². The minimum atomic E-state index is 0.159. The molecule has 1 unspecified atom stereocenters. The number of benzene rings is 1. The smallest absolute Gasteiger partial charge is 0.191 e. The number of aromatic nitrogens is 1. The van der Waals surface area contributed by atoms with E-state index >= 15 is 0 Å². The van der Waals surface area contributed by atoms with Crippen molar-refractivity contribution in [2.45, 2.75) is 32.3 Å². The van der Waals surface area contributed by atoms with E-state index in [1.165, 1.54) is 10.6 Å². The zero-order chi connectivity index (χ0) is 16.8. The van der Waals surface area contributed by atoms with Crippen LogP contribution >= 0.6 is 11.3 Å². The maximum absolute atomic E-state index is 5.94. The molecule has 0 spiro atoms. The van der Waals surface area contributed by atoms with E-state index < -0.39 is 0 Å². The van der Waals surface area contributed by atoms with Gasteiger partial charge in [0.15, 0.2) is 5.96 Å². The summed E-state index contributed by atoms with van der Waals surface area (Å²) in [7, 11) is 1.79. The third kappa shape index (κ3) is 4.26. The maximum Gasteiger partial charge on any atom is 0.191 e. The summed E-state index contributed by atoms with van der Waals surface area (Å²) in [6, 6.07) is 8.22. The predicted octanol–water partition coefficient (Wildman–Crippen LogP) is 2.42. The largest absolute Gasteiger partial charge is 0.488 e. The number of hydrogen-bond acceptors (Lipinski definition) is 4. The number of fused-ring (bicyclic) bond motifs is 1. The lowest BCUT2D eigenvalue weighted by Gasteiger charge is -2.15. The van der Waals surface area contributed by atoms with E-state index in [0.29, 0.717) is 0 Å². The summed E-state index contributed by atoms with van der Waals surface area (Å²) in [5, 5.41) is 10.0. The van der Waals surface area contributed by atoms with Gasteiger partial charge >= 0.3 is 0 Å². The zero-order valence-corrected chi connectivity index (χ0v) is 15.0. The molecule has 1 aromatic heterocycles. The van der Waals surface area contributed by atoms with Gasteiger partial charge in [0.05, 0.1) is 17.2 Å². The molecule has 0 radical (unpaired) electrons. The first kappa shape index (κ1) is 16.8. The highest BCUT2D eigenvalue weighted by molar-refractivity contribution is 7.09. The van der Waals surface area contributed by atoms with Gasteiger partial charge in [0.25, 0.3) is 0 Å². The molecule has 0 saturated heterocycles. The molecule has 2 heterocycles. The Kier molecular flexibility index (Phi) is 5.69. The monoisotopic (exact) mass is 344 g/mol. The molecule has 0 saturated carbocycles. The normalized spacial score (nSPS) is 16.6. The topological polar surface area (TPSA) is 58.5 Å². The molecule has 128 valence electrons. The van der Waals surface area contributed by atoms with Gasteiger partial charge in [0.1, 0.15) is 11.9 Å². The molecular weight excluding hydrogens is 320 g/mol. The molecule has 6 heteroatoms. The Morgan fingerprint density at radius 3 is 3.00 bits per heavy atom. The van der Waals surface area contributed by atoms with Crippen LogP contribution in [0.15, 0.2) is 34.6 Å². The number of para-hydroxylation sites is 1. The second-order valence-electron chi connectivity index (χ2n) is 5.77. The number of ether oxygens (including phenoxy) is 1. The number of rotatable bonds is 6. The average Bonchev–Trinajstić information content (AvgIpc) is 3.23. The average molecular weight is 344 g/mol. The summed E-state index contributed by atoms with van der Waals surface area (Å²) in [5.41, 5.74) is 2.43. The number of aliphatic imine (C=N–C) groups is 1. The van der Waals surface area contributed by atoms with Crippen molar-refractivity contribution in [3.05, 3.63) is 45.9 Å². The summed E-state index contributed by atoms with van der Waals surface area (Å²) in [6.45, 7) is 3.69. The van der Waals surface area contributed by atoms with Crippen molar-refractivity contribution in [2.75, 3.05) is 20.1 Å². The molecule has 24 heavy (non-hydrogen) atoms. The van der Waals surface area contributed by atoms with Crippen LogP contribution in [-0.4, -0.2) is 37.2 Å². The number of thiazole rings is 1. The molecule has 2 N–H and O–H groups in total. The first-order valence-electron chi connectivity index (χ1n) is 8.41. The molecule has 0 fully saturated rings. The van der Waals surface area contributed by atoms with Crippen molar-refractivity contribution in [2.24, 2.45) is 4.99 Å². The van der Waals surface area contributed by atoms with Gasteiger partial charge in [-0.25, -0.2) is 4.98 Å². The minimum absolute atomic E-state index is 0.159. The zero-order valence-electron chi connectivity index (χ0n) is 14.2. The van der Waals surface area contributed by atoms with Crippen LogP contribution in [0, 0.1) is 0 Å². The molecule has 1 atom stereocenters. The molecule has 1 aliphatic heterocycles. The van der Waals surface area contributed by atoms with Crippen LogP contribution in [0.4, 0.5) is 0 Å². The molecule has 0 amide bonds. The van der Waals surface area contributed by atoms with Crippen LogP contribution in [-0.2, 0) is 19.3 Å².